The molecule has 0 saturated heterocycles. The van der Waals surface area contributed by atoms with E-state index in [2.05, 4.69) is 0 Å². The molecule has 0 aliphatic heterocycles. The highest BCUT2D eigenvalue weighted by atomic mass is 32.2. The van der Waals surface area contributed by atoms with Gasteiger partial charge in [-0.25, -0.2) is 13.2 Å². The number of methoxy groups -OCH3 is 2. The van der Waals surface area contributed by atoms with Crippen molar-refractivity contribution in [1.29, 1.82) is 0 Å². The molecule has 178 valence electrons. The van der Waals surface area contributed by atoms with Crippen LogP contribution < -0.4 is 19.9 Å². The summed E-state index contributed by atoms with van der Waals surface area (Å²) in [4.78, 5) is 12.7. The second-order valence-electron chi connectivity index (χ2n) is 8.02. The van der Waals surface area contributed by atoms with Crippen LogP contribution in [-0.2, 0) is 29.7 Å². The van der Waals surface area contributed by atoms with E-state index in [4.69, 9.17) is 14.2 Å². The highest BCUT2D eigenvalue weighted by Crippen LogP contribution is 2.33. The number of ether oxygens (including phenoxy) is 3. The predicted molar refractivity (Wildman–Crippen MR) is 130 cm³/mol. The maximum absolute atomic E-state index is 13.3. The number of aryl methyl sites for hydroxylation is 3. The zero-order chi connectivity index (χ0) is 24.6. The number of aromatic nitrogens is 2. The smallest absolute Gasteiger partial charge is 0.328 e. The van der Waals surface area contributed by atoms with Crippen LogP contribution in [0.15, 0.2) is 64.3 Å². The highest BCUT2D eigenvalue weighted by molar-refractivity contribution is 7.90. The van der Waals surface area contributed by atoms with E-state index in [0.717, 1.165) is 5.56 Å². The fourth-order valence-electron chi connectivity index (χ4n) is 3.88. The van der Waals surface area contributed by atoms with Crippen LogP contribution in [0, 0.1) is 6.92 Å². The molecule has 0 aliphatic rings. The molecule has 0 amide bonds. The number of imidazole rings is 1. The molecule has 4 rings (SSSR count). The Kier molecular flexibility index (Phi) is 6.14. The summed E-state index contributed by atoms with van der Waals surface area (Å²) >= 11 is 0. The second-order valence-corrected chi connectivity index (χ2v) is 10.0. The van der Waals surface area contributed by atoms with Gasteiger partial charge in [0.1, 0.15) is 23.0 Å². The number of nitrogens with zero attached hydrogens (tertiary/aromatic N) is 2. The van der Waals surface area contributed by atoms with Gasteiger partial charge in [0.15, 0.2) is 9.84 Å². The van der Waals surface area contributed by atoms with Crippen molar-refractivity contribution in [2.45, 2.75) is 17.6 Å². The minimum absolute atomic E-state index is 0.184. The predicted octanol–water partition coefficient (Wildman–Crippen LogP) is 3.97. The van der Waals surface area contributed by atoms with Gasteiger partial charge in [-0.15, -0.1) is 0 Å². The number of hydrogen-bond acceptors (Lipinski definition) is 6. The van der Waals surface area contributed by atoms with Crippen molar-refractivity contribution in [2.24, 2.45) is 14.1 Å². The Labute approximate surface area is 197 Å². The molecular weight excluding hydrogens is 456 g/mol. The summed E-state index contributed by atoms with van der Waals surface area (Å²) in [5.41, 5.74) is 2.21. The number of fused-ring (bicyclic) bond motifs is 1. The average molecular weight is 483 g/mol. The maximum atomic E-state index is 13.3. The lowest BCUT2D eigenvalue weighted by Crippen LogP contribution is -2.19. The summed E-state index contributed by atoms with van der Waals surface area (Å²) < 4.78 is 46.2. The summed E-state index contributed by atoms with van der Waals surface area (Å²) in [6.45, 7) is 1.79. The lowest BCUT2D eigenvalue weighted by molar-refractivity contribution is 0.411. The van der Waals surface area contributed by atoms with Crippen molar-refractivity contribution in [1.82, 2.24) is 9.13 Å². The molecule has 0 saturated carbocycles. The molecule has 0 fully saturated rings. The quantitative estimate of drug-likeness (QED) is 0.396. The van der Waals surface area contributed by atoms with Gasteiger partial charge < -0.3 is 14.2 Å². The summed E-state index contributed by atoms with van der Waals surface area (Å²) in [5.74, 6) is 1.85. The fraction of sp³-hybridized carbons (Fsp3) is 0.240. The van der Waals surface area contributed by atoms with Crippen molar-refractivity contribution in [3.63, 3.8) is 0 Å². The van der Waals surface area contributed by atoms with Gasteiger partial charge >= 0.3 is 5.69 Å². The Balaban J connectivity index is 1.82. The number of sulfone groups is 1. The second kappa shape index (κ2) is 8.90. The summed E-state index contributed by atoms with van der Waals surface area (Å²) in [6.07, 6.45) is 0. The van der Waals surface area contributed by atoms with Crippen LogP contribution in [0.2, 0.25) is 0 Å². The van der Waals surface area contributed by atoms with E-state index < -0.39 is 9.84 Å². The van der Waals surface area contributed by atoms with Crippen molar-refractivity contribution in [3.05, 3.63) is 76.2 Å². The van der Waals surface area contributed by atoms with E-state index >= 15 is 0 Å². The average Bonchev–Trinajstić information content (AvgIpc) is 3.03. The Bertz CT molecular complexity index is 1530. The first-order chi connectivity index (χ1) is 16.1. The minimum atomic E-state index is -3.72. The van der Waals surface area contributed by atoms with Gasteiger partial charge in [-0.05, 0) is 61.0 Å². The molecule has 1 heterocycles. The molecule has 0 atom stereocenters. The molecule has 0 radical (unpaired) electrons. The maximum Gasteiger partial charge on any atom is 0.328 e. The molecule has 0 bridgehead atoms. The molecule has 0 aliphatic carbocycles. The normalized spacial score (nSPS) is 11.6. The summed E-state index contributed by atoms with van der Waals surface area (Å²) in [5, 5.41) is 0. The molecule has 34 heavy (non-hydrogen) atoms. The number of rotatable bonds is 7. The van der Waals surface area contributed by atoms with Crippen LogP contribution in [0.1, 0.15) is 11.1 Å². The first kappa shape index (κ1) is 23.4. The lowest BCUT2D eigenvalue weighted by atomic mass is 10.2. The summed E-state index contributed by atoms with van der Waals surface area (Å²) in [7, 11) is 2.71. The van der Waals surface area contributed by atoms with E-state index in [9.17, 15) is 13.2 Å². The van der Waals surface area contributed by atoms with Gasteiger partial charge in [-0.1, -0.05) is 0 Å². The van der Waals surface area contributed by atoms with Crippen LogP contribution >= 0.6 is 0 Å². The molecule has 3 aromatic carbocycles. The minimum Gasteiger partial charge on any atom is -0.497 e. The Hall–Kier alpha value is -3.72. The first-order valence-electron chi connectivity index (χ1n) is 10.5. The summed E-state index contributed by atoms with van der Waals surface area (Å²) in [6, 6.07) is 15.1. The van der Waals surface area contributed by atoms with E-state index in [1.165, 1.54) is 15.2 Å². The fourth-order valence-corrected chi connectivity index (χ4v) is 5.31. The molecule has 0 N–H and O–H groups in total. The highest BCUT2D eigenvalue weighted by Gasteiger charge is 2.22. The Morgan fingerprint density at radius 2 is 1.41 bits per heavy atom. The van der Waals surface area contributed by atoms with Gasteiger partial charge in [0.2, 0.25) is 0 Å². The molecule has 8 nitrogen and oxygen atoms in total. The number of benzene rings is 3. The molecular formula is C25H26N2O6S. The van der Waals surface area contributed by atoms with Crippen LogP contribution in [-0.4, -0.2) is 31.8 Å². The van der Waals surface area contributed by atoms with Gasteiger partial charge in [0.05, 0.1) is 35.9 Å². The van der Waals surface area contributed by atoms with Crippen LogP contribution in [0.3, 0.4) is 0 Å². The molecule has 1 aromatic heterocycles. The first-order valence-corrected chi connectivity index (χ1v) is 12.2. The van der Waals surface area contributed by atoms with Crippen LogP contribution in [0.4, 0.5) is 0 Å². The van der Waals surface area contributed by atoms with Crippen molar-refractivity contribution in [2.75, 3.05) is 14.2 Å². The van der Waals surface area contributed by atoms with Crippen LogP contribution in [0.25, 0.3) is 11.0 Å². The third-order valence-corrected chi connectivity index (χ3v) is 7.48. The standard InChI is InChI=1S/C25H26N2O6S/c1-16-12-20(10-11-23(16)32-5)34(29,30)15-17-13-21-22(27(3)25(28)26(21)2)14-24(17)33-19-8-6-18(31-4)7-9-19/h6-14H,15H2,1-5H3. The van der Waals surface area contributed by atoms with E-state index in [1.54, 1.807) is 83.8 Å². The molecule has 0 unspecified atom stereocenters. The molecule has 0 spiro atoms. The third-order valence-electron chi connectivity index (χ3n) is 5.81. The van der Waals surface area contributed by atoms with Crippen molar-refractivity contribution < 1.29 is 22.6 Å². The number of hydrogen-bond donors (Lipinski definition) is 0. The van der Waals surface area contributed by atoms with Gasteiger partial charge in [-0.2, -0.15) is 0 Å². The zero-order valence-corrected chi connectivity index (χ0v) is 20.5. The largest absolute Gasteiger partial charge is 0.497 e. The zero-order valence-electron chi connectivity index (χ0n) is 19.7. The van der Waals surface area contributed by atoms with Crippen molar-refractivity contribution in [3.8, 4) is 23.0 Å². The third kappa shape index (κ3) is 4.26. The van der Waals surface area contributed by atoms with E-state index in [-0.39, 0.29) is 16.3 Å². The molecule has 9 heteroatoms. The molecule has 4 aromatic rings. The van der Waals surface area contributed by atoms with E-state index in [1.807, 2.05) is 0 Å². The monoisotopic (exact) mass is 482 g/mol. The van der Waals surface area contributed by atoms with Crippen molar-refractivity contribution >= 4 is 20.9 Å². The van der Waals surface area contributed by atoms with E-state index in [0.29, 0.717) is 39.6 Å². The topological polar surface area (TPSA) is 88.8 Å². The Morgan fingerprint density at radius 1 is 0.794 bits per heavy atom. The SMILES string of the molecule is COc1ccc(Oc2cc3c(cc2CS(=O)(=O)c2ccc(OC)c(C)c2)n(C)c(=O)n3C)cc1. The lowest BCUT2D eigenvalue weighted by Gasteiger charge is -2.14. The Morgan fingerprint density at radius 3 is 2.00 bits per heavy atom. The van der Waals surface area contributed by atoms with Crippen LogP contribution in [0.5, 0.6) is 23.0 Å². The van der Waals surface area contributed by atoms with Gasteiger partial charge in [0, 0.05) is 25.7 Å². The van der Waals surface area contributed by atoms with Gasteiger partial charge in [-0.3, -0.25) is 9.13 Å². The van der Waals surface area contributed by atoms with Gasteiger partial charge in [0.25, 0.3) is 0 Å².